The van der Waals surface area contributed by atoms with Gasteiger partial charge in [-0.2, -0.15) is 0 Å². The Morgan fingerprint density at radius 1 is 1.07 bits per heavy atom. The summed E-state index contributed by atoms with van der Waals surface area (Å²) in [6.45, 7) is 3.95. The number of hydrogen-bond acceptors (Lipinski definition) is 6. The maximum atomic E-state index is 12.9. The number of carbonyl (C=O) groups excluding carboxylic acids is 1. The summed E-state index contributed by atoms with van der Waals surface area (Å²) in [5, 5.41) is 11.7. The second-order valence-electron chi connectivity index (χ2n) is 6.81. The number of sulfone groups is 1. The van der Waals surface area contributed by atoms with E-state index < -0.39 is 9.84 Å². The van der Waals surface area contributed by atoms with E-state index in [0.29, 0.717) is 11.0 Å². The smallest absolute Gasteiger partial charge is 0.230 e. The molecule has 0 aliphatic carbocycles. The predicted octanol–water partition coefficient (Wildman–Crippen LogP) is 3.25. The molecular formula is C21H24N4O3S2. The molecule has 0 saturated heterocycles. The summed E-state index contributed by atoms with van der Waals surface area (Å²) in [4.78, 5) is 12.4. The Kier molecular flexibility index (Phi) is 7.28. The largest absolute Gasteiger partial charge is 0.353 e. The van der Waals surface area contributed by atoms with Gasteiger partial charge in [-0.15, -0.1) is 10.2 Å². The Bertz CT molecular complexity index is 1080. The van der Waals surface area contributed by atoms with Gasteiger partial charge in [0.2, 0.25) is 5.91 Å². The molecule has 0 bridgehead atoms. The van der Waals surface area contributed by atoms with Gasteiger partial charge in [0.05, 0.1) is 10.6 Å². The van der Waals surface area contributed by atoms with Crippen LogP contribution in [-0.2, 0) is 20.4 Å². The summed E-state index contributed by atoms with van der Waals surface area (Å²) in [6.07, 6.45) is 0.845. The van der Waals surface area contributed by atoms with Gasteiger partial charge in [0, 0.05) is 11.7 Å². The van der Waals surface area contributed by atoms with E-state index in [2.05, 4.69) is 15.5 Å². The minimum atomic E-state index is -3.59. The van der Waals surface area contributed by atoms with Crippen molar-refractivity contribution in [3.8, 4) is 5.69 Å². The third-order valence-corrected chi connectivity index (χ3v) is 7.05. The van der Waals surface area contributed by atoms with Crippen LogP contribution < -0.4 is 5.32 Å². The fourth-order valence-electron chi connectivity index (χ4n) is 2.75. The Balaban J connectivity index is 1.88. The van der Waals surface area contributed by atoms with Crippen LogP contribution in [0.25, 0.3) is 5.69 Å². The Morgan fingerprint density at radius 2 is 1.70 bits per heavy atom. The van der Waals surface area contributed by atoms with E-state index in [1.165, 1.54) is 11.8 Å². The van der Waals surface area contributed by atoms with Crippen LogP contribution in [0, 0.1) is 0 Å². The van der Waals surface area contributed by atoms with Crippen molar-refractivity contribution in [3.05, 3.63) is 66.5 Å². The zero-order valence-corrected chi connectivity index (χ0v) is 18.5. The third kappa shape index (κ3) is 5.48. The fourth-order valence-corrected chi connectivity index (χ4v) is 4.80. The van der Waals surface area contributed by atoms with Crippen LogP contribution >= 0.6 is 11.8 Å². The molecule has 1 N–H and O–H groups in total. The second-order valence-corrected chi connectivity index (χ2v) is 9.74. The number of benzene rings is 2. The zero-order valence-electron chi connectivity index (χ0n) is 16.9. The normalized spacial score (nSPS) is 12.5. The van der Waals surface area contributed by atoms with Crippen LogP contribution in [0.15, 0.2) is 70.7 Å². The molecule has 9 heteroatoms. The average molecular weight is 445 g/mol. The number of para-hydroxylation sites is 1. The van der Waals surface area contributed by atoms with E-state index in [1.807, 2.05) is 44.2 Å². The van der Waals surface area contributed by atoms with Crippen molar-refractivity contribution in [2.24, 2.45) is 0 Å². The van der Waals surface area contributed by atoms with E-state index in [-0.39, 0.29) is 28.4 Å². The van der Waals surface area contributed by atoms with Gasteiger partial charge in [-0.1, -0.05) is 55.1 Å². The third-order valence-electron chi connectivity index (χ3n) is 4.49. The molecule has 3 rings (SSSR count). The molecule has 7 nitrogen and oxygen atoms in total. The number of nitrogens with one attached hydrogen (secondary N) is 1. The minimum absolute atomic E-state index is 0.0941. The highest BCUT2D eigenvalue weighted by Gasteiger charge is 2.23. The molecule has 1 amide bonds. The van der Waals surface area contributed by atoms with E-state index in [9.17, 15) is 13.2 Å². The number of nitrogens with zero attached hydrogens (tertiary/aromatic N) is 3. The molecule has 158 valence electrons. The number of hydrogen-bond donors (Lipinski definition) is 1. The van der Waals surface area contributed by atoms with Gasteiger partial charge in [0.1, 0.15) is 5.75 Å². The van der Waals surface area contributed by atoms with E-state index in [1.54, 1.807) is 34.9 Å². The van der Waals surface area contributed by atoms with Gasteiger partial charge < -0.3 is 5.32 Å². The topological polar surface area (TPSA) is 94.0 Å². The van der Waals surface area contributed by atoms with E-state index >= 15 is 0 Å². The predicted molar refractivity (Wildman–Crippen MR) is 117 cm³/mol. The lowest BCUT2D eigenvalue weighted by Gasteiger charge is -2.12. The first-order chi connectivity index (χ1) is 14.4. The Hall–Kier alpha value is -2.65. The number of amides is 1. The van der Waals surface area contributed by atoms with Gasteiger partial charge in [-0.3, -0.25) is 9.36 Å². The Morgan fingerprint density at radius 3 is 2.33 bits per heavy atom. The molecule has 0 fully saturated rings. The highest BCUT2D eigenvalue weighted by atomic mass is 32.2. The quantitative estimate of drug-likeness (QED) is 0.509. The van der Waals surface area contributed by atoms with Crippen molar-refractivity contribution in [1.29, 1.82) is 0 Å². The standard InChI is InChI=1S/C21H24N4O3S2/c1-3-16(2)22-20(26)14-29-21-24-23-19(25(21)17-10-6-4-7-11-17)15-30(27,28)18-12-8-5-9-13-18/h4-13,16H,3,14-15H2,1-2H3,(H,22,26). The summed E-state index contributed by atoms with van der Waals surface area (Å²) >= 11 is 1.23. The lowest BCUT2D eigenvalue weighted by atomic mass is 10.3. The molecule has 1 unspecified atom stereocenters. The van der Waals surface area contributed by atoms with Crippen molar-refractivity contribution in [1.82, 2.24) is 20.1 Å². The van der Waals surface area contributed by atoms with Crippen LogP contribution in [0.5, 0.6) is 0 Å². The van der Waals surface area contributed by atoms with Crippen LogP contribution in [0.4, 0.5) is 0 Å². The lowest BCUT2D eigenvalue weighted by Crippen LogP contribution is -2.33. The van der Waals surface area contributed by atoms with E-state index in [4.69, 9.17) is 0 Å². The maximum Gasteiger partial charge on any atom is 0.230 e. The Labute approximate surface area is 180 Å². The van der Waals surface area contributed by atoms with Gasteiger partial charge in [-0.05, 0) is 37.6 Å². The molecule has 0 radical (unpaired) electrons. The van der Waals surface area contributed by atoms with Crippen molar-refractivity contribution < 1.29 is 13.2 Å². The van der Waals surface area contributed by atoms with Crippen molar-refractivity contribution >= 4 is 27.5 Å². The number of rotatable bonds is 9. The maximum absolute atomic E-state index is 12.9. The molecule has 0 saturated carbocycles. The minimum Gasteiger partial charge on any atom is -0.353 e. The van der Waals surface area contributed by atoms with Crippen molar-refractivity contribution in [3.63, 3.8) is 0 Å². The van der Waals surface area contributed by atoms with Crippen LogP contribution in [0.3, 0.4) is 0 Å². The molecule has 0 aliphatic heterocycles. The highest BCUT2D eigenvalue weighted by Crippen LogP contribution is 2.24. The molecule has 3 aromatic rings. The molecule has 1 heterocycles. The highest BCUT2D eigenvalue weighted by molar-refractivity contribution is 7.99. The van der Waals surface area contributed by atoms with Gasteiger partial charge in [0.25, 0.3) is 0 Å². The van der Waals surface area contributed by atoms with Crippen LogP contribution in [0.2, 0.25) is 0 Å². The van der Waals surface area contributed by atoms with Gasteiger partial charge >= 0.3 is 0 Å². The fraction of sp³-hybridized carbons (Fsp3) is 0.286. The first-order valence-electron chi connectivity index (χ1n) is 9.60. The molecule has 1 aromatic heterocycles. The number of carbonyl (C=O) groups is 1. The second kappa shape index (κ2) is 9.90. The summed E-state index contributed by atoms with van der Waals surface area (Å²) in [7, 11) is -3.59. The molecule has 0 spiro atoms. The van der Waals surface area contributed by atoms with E-state index in [0.717, 1.165) is 12.1 Å². The SMILES string of the molecule is CCC(C)NC(=O)CSc1nnc(CS(=O)(=O)c2ccccc2)n1-c1ccccc1. The number of aromatic nitrogens is 3. The average Bonchev–Trinajstić information content (AvgIpc) is 3.15. The first-order valence-corrected chi connectivity index (χ1v) is 12.2. The molecule has 1 atom stereocenters. The van der Waals surface area contributed by atoms with Crippen molar-refractivity contribution in [2.45, 2.75) is 42.1 Å². The van der Waals surface area contributed by atoms with Gasteiger partial charge in [-0.25, -0.2) is 8.42 Å². The summed E-state index contributed by atoms with van der Waals surface area (Å²) in [5.74, 6) is 0.0736. The summed E-state index contributed by atoms with van der Waals surface area (Å²) in [5.41, 5.74) is 0.741. The van der Waals surface area contributed by atoms with Crippen LogP contribution in [0.1, 0.15) is 26.1 Å². The number of thioether (sulfide) groups is 1. The zero-order chi connectivity index (χ0) is 21.6. The molecule has 2 aromatic carbocycles. The monoisotopic (exact) mass is 444 g/mol. The molecule has 0 aliphatic rings. The van der Waals surface area contributed by atoms with Gasteiger partial charge in [0.15, 0.2) is 20.8 Å². The first kappa shape index (κ1) is 22.0. The lowest BCUT2D eigenvalue weighted by molar-refractivity contribution is -0.119. The molecule has 30 heavy (non-hydrogen) atoms. The van der Waals surface area contributed by atoms with Crippen molar-refractivity contribution in [2.75, 3.05) is 5.75 Å². The molecular weight excluding hydrogens is 420 g/mol. The van der Waals surface area contributed by atoms with Crippen LogP contribution in [-0.4, -0.2) is 40.9 Å². The summed E-state index contributed by atoms with van der Waals surface area (Å²) < 4.78 is 27.4. The summed E-state index contributed by atoms with van der Waals surface area (Å²) in [6, 6.07) is 17.7.